The van der Waals surface area contributed by atoms with E-state index >= 15 is 0 Å². The van der Waals surface area contributed by atoms with Crippen LogP contribution in [-0.4, -0.2) is 6.61 Å². The third-order valence-corrected chi connectivity index (χ3v) is 2.19. The molecule has 2 nitrogen and oxygen atoms in total. The zero-order chi connectivity index (χ0) is 10.7. The summed E-state index contributed by atoms with van der Waals surface area (Å²) in [4.78, 5) is 0. The molecule has 14 heavy (non-hydrogen) atoms. The quantitative estimate of drug-likeness (QED) is 0.790. The molecule has 0 unspecified atom stereocenters. The third-order valence-electron chi connectivity index (χ3n) is 1.38. The molecule has 0 aliphatic rings. The second kappa shape index (κ2) is 4.45. The van der Waals surface area contributed by atoms with E-state index in [9.17, 15) is 8.78 Å². The summed E-state index contributed by atoms with van der Waals surface area (Å²) in [5.74, 6) is -0.281. The minimum absolute atomic E-state index is 0.0904. The fourth-order valence-corrected chi connectivity index (χ4v) is 1.19. The zero-order valence-electron chi connectivity index (χ0n) is 6.60. The summed E-state index contributed by atoms with van der Waals surface area (Å²) in [7, 11) is 0. The van der Waals surface area contributed by atoms with Gasteiger partial charge >= 0.3 is 6.61 Å². The van der Waals surface area contributed by atoms with E-state index in [1.807, 2.05) is 0 Å². The van der Waals surface area contributed by atoms with Crippen LogP contribution in [0.25, 0.3) is 0 Å². The summed E-state index contributed by atoms with van der Waals surface area (Å²) >= 11 is 11.2. The molecule has 0 aromatic heterocycles. The Balaban J connectivity index is 3.19. The predicted molar refractivity (Wildman–Crippen MR) is 47.8 cm³/mol. The van der Waals surface area contributed by atoms with E-state index in [2.05, 4.69) is 4.74 Å². The molecule has 74 valence electrons. The highest BCUT2D eigenvalue weighted by molar-refractivity contribution is 6.42. The molecule has 1 aromatic carbocycles. The lowest BCUT2D eigenvalue weighted by Gasteiger charge is -2.07. The number of halogens is 4. The molecule has 0 heterocycles. The van der Waals surface area contributed by atoms with Crippen LogP contribution in [0, 0.1) is 11.3 Å². The molecule has 6 heteroatoms. The topological polar surface area (TPSA) is 33.0 Å². The minimum atomic E-state index is -3.00. The van der Waals surface area contributed by atoms with Gasteiger partial charge in [0.15, 0.2) is 0 Å². The predicted octanol–water partition coefficient (Wildman–Crippen LogP) is 3.47. The van der Waals surface area contributed by atoms with Crippen molar-refractivity contribution in [2.24, 2.45) is 0 Å². The van der Waals surface area contributed by atoms with Gasteiger partial charge in [0, 0.05) is 0 Å². The van der Waals surface area contributed by atoms with Crippen molar-refractivity contribution in [3.63, 3.8) is 0 Å². The van der Waals surface area contributed by atoms with Crippen molar-refractivity contribution < 1.29 is 13.5 Å². The Bertz CT molecular complexity index is 390. The first-order valence-electron chi connectivity index (χ1n) is 3.39. The number of hydrogen-bond donors (Lipinski definition) is 0. The maximum Gasteiger partial charge on any atom is 0.387 e. The van der Waals surface area contributed by atoms with E-state index in [1.54, 1.807) is 6.07 Å². The molecule has 1 rings (SSSR count). The highest BCUT2D eigenvalue weighted by Crippen LogP contribution is 2.32. The van der Waals surface area contributed by atoms with Gasteiger partial charge < -0.3 is 4.74 Å². The van der Waals surface area contributed by atoms with Gasteiger partial charge in [-0.25, -0.2) is 0 Å². The normalized spacial score (nSPS) is 10.0. The minimum Gasteiger partial charge on any atom is -0.433 e. The van der Waals surface area contributed by atoms with Crippen LogP contribution in [-0.2, 0) is 0 Å². The van der Waals surface area contributed by atoms with Crippen LogP contribution in [0.5, 0.6) is 5.75 Å². The Labute approximate surface area is 88.6 Å². The lowest BCUT2D eigenvalue weighted by Crippen LogP contribution is -2.03. The molecule has 0 radical (unpaired) electrons. The van der Waals surface area contributed by atoms with Gasteiger partial charge in [0.1, 0.15) is 17.4 Å². The van der Waals surface area contributed by atoms with Crippen molar-refractivity contribution in [1.29, 1.82) is 5.26 Å². The summed E-state index contributed by atoms with van der Waals surface area (Å²) < 4.78 is 27.8. The summed E-state index contributed by atoms with van der Waals surface area (Å²) in [5.41, 5.74) is -0.195. The first-order valence-corrected chi connectivity index (χ1v) is 4.14. The monoisotopic (exact) mass is 237 g/mol. The molecule has 0 bridgehead atoms. The zero-order valence-corrected chi connectivity index (χ0v) is 8.11. The molecular formula is C8H3Cl2F2NO. The van der Waals surface area contributed by atoms with Gasteiger partial charge in [0.05, 0.1) is 10.0 Å². The van der Waals surface area contributed by atoms with Crippen molar-refractivity contribution in [3.05, 3.63) is 27.7 Å². The number of benzene rings is 1. The first-order chi connectivity index (χ1) is 6.56. The number of nitrogens with zero attached hydrogens (tertiary/aromatic N) is 1. The van der Waals surface area contributed by atoms with Crippen molar-refractivity contribution in [2.75, 3.05) is 0 Å². The lowest BCUT2D eigenvalue weighted by molar-refractivity contribution is -0.0500. The van der Waals surface area contributed by atoms with Crippen LogP contribution in [0.15, 0.2) is 12.1 Å². The maximum absolute atomic E-state index is 11.9. The average molecular weight is 238 g/mol. The largest absolute Gasteiger partial charge is 0.433 e. The van der Waals surface area contributed by atoms with Crippen molar-refractivity contribution in [3.8, 4) is 11.8 Å². The highest BCUT2D eigenvalue weighted by Gasteiger charge is 2.14. The van der Waals surface area contributed by atoms with Gasteiger partial charge in [-0.2, -0.15) is 14.0 Å². The molecule has 0 saturated heterocycles. The Morgan fingerprint density at radius 1 is 1.36 bits per heavy atom. The Morgan fingerprint density at radius 2 is 2.00 bits per heavy atom. The molecule has 0 amide bonds. The van der Waals surface area contributed by atoms with Gasteiger partial charge in [-0.15, -0.1) is 0 Å². The number of ether oxygens (including phenoxy) is 1. The van der Waals surface area contributed by atoms with E-state index in [4.69, 9.17) is 28.5 Å². The van der Waals surface area contributed by atoms with E-state index < -0.39 is 6.61 Å². The summed E-state index contributed by atoms with van der Waals surface area (Å²) in [5, 5.41) is 8.64. The molecule has 1 aromatic rings. The van der Waals surface area contributed by atoms with Gasteiger partial charge in [-0.05, 0) is 12.1 Å². The summed E-state index contributed by atoms with van der Waals surface area (Å²) in [6.45, 7) is -3.00. The summed E-state index contributed by atoms with van der Waals surface area (Å²) in [6.07, 6.45) is 0. The van der Waals surface area contributed by atoms with Crippen LogP contribution < -0.4 is 4.74 Å². The second-order valence-corrected chi connectivity index (χ2v) is 3.01. The molecule has 0 aliphatic carbocycles. The maximum atomic E-state index is 11.9. The molecule has 0 fully saturated rings. The Morgan fingerprint density at radius 3 is 2.50 bits per heavy atom. The SMILES string of the molecule is N#Cc1c(OC(F)F)ccc(Cl)c1Cl. The van der Waals surface area contributed by atoms with Gasteiger partial charge in [0.25, 0.3) is 0 Å². The van der Waals surface area contributed by atoms with Crippen LogP contribution in [0.2, 0.25) is 10.0 Å². The van der Waals surface area contributed by atoms with Crippen molar-refractivity contribution in [1.82, 2.24) is 0 Å². The smallest absolute Gasteiger partial charge is 0.387 e. The number of nitriles is 1. The van der Waals surface area contributed by atoms with E-state index in [-0.39, 0.29) is 21.4 Å². The fourth-order valence-electron chi connectivity index (χ4n) is 0.831. The Hall–Kier alpha value is -1.05. The molecular weight excluding hydrogens is 235 g/mol. The van der Waals surface area contributed by atoms with E-state index in [0.29, 0.717) is 0 Å². The molecule has 0 N–H and O–H groups in total. The van der Waals surface area contributed by atoms with Crippen LogP contribution in [0.4, 0.5) is 8.78 Å². The molecule has 0 spiro atoms. The number of alkyl halides is 2. The van der Waals surface area contributed by atoms with Crippen molar-refractivity contribution >= 4 is 23.2 Å². The fraction of sp³-hybridized carbons (Fsp3) is 0.125. The van der Waals surface area contributed by atoms with Crippen LogP contribution in [0.1, 0.15) is 5.56 Å². The standard InChI is InChI=1S/C8H3Cl2F2NO/c9-5-1-2-6(14-8(11)12)4(3-13)7(5)10/h1-2,8H. The van der Waals surface area contributed by atoms with E-state index in [0.717, 1.165) is 0 Å². The molecule has 0 atom stereocenters. The molecule has 0 saturated carbocycles. The highest BCUT2D eigenvalue weighted by atomic mass is 35.5. The van der Waals surface area contributed by atoms with Gasteiger partial charge in [-0.3, -0.25) is 0 Å². The van der Waals surface area contributed by atoms with E-state index in [1.165, 1.54) is 12.1 Å². The summed E-state index contributed by atoms with van der Waals surface area (Å²) in [6, 6.07) is 4.08. The number of rotatable bonds is 2. The van der Waals surface area contributed by atoms with Gasteiger partial charge in [-0.1, -0.05) is 23.2 Å². The van der Waals surface area contributed by atoms with Crippen LogP contribution >= 0.6 is 23.2 Å². The first kappa shape index (κ1) is 11.0. The van der Waals surface area contributed by atoms with Crippen molar-refractivity contribution in [2.45, 2.75) is 6.61 Å². The third kappa shape index (κ3) is 2.25. The lowest BCUT2D eigenvalue weighted by atomic mass is 10.2. The number of hydrogen-bond acceptors (Lipinski definition) is 2. The second-order valence-electron chi connectivity index (χ2n) is 2.22. The van der Waals surface area contributed by atoms with Crippen LogP contribution in [0.3, 0.4) is 0 Å². The Kier molecular flexibility index (Phi) is 3.50. The average Bonchev–Trinajstić information content (AvgIpc) is 2.11. The van der Waals surface area contributed by atoms with Gasteiger partial charge in [0.2, 0.25) is 0 Å². The molecule has 0 aliphatic heterocycles.